The molecule has 2 unspecified atom stereocenters. The van der Waals surface area contributed by atoms with Gasteiger partial charge in [-0.3, -0.25) is 0 Å². The van der Waals surface area contributed by atoms with E-state index in [1.54, 1.807) is 11.3 Å². The molecule has 0 aromatic carbocycles. The van der Waals surface area contributed by atoms with Gasteiger partial charge in [0.1, 0.15) is 0 Å². The largest absolute Gasteiger partial charge is 0.351 e. The SMILES string of the molecule is CC1CC1CN(C)c1nc(CNC2CC2)cs1. The van der Waals surface area contributed by atoms with Gasteiger partial charge in [0, 0.05) is 31.6 Å². The van der Waals surface area contributed by atoms with Crippen LogP contribution >= 0.6 is 11.3 Å². The van der Waals surface area contributed by atoms with Gasteiger partial charge in [0.2, 0.25) is 0 Å². The van der Waals surface area contributed by atoms with Crippen LogP contribution in [0.2, 0.25) is 0 Å². The number of aromatic nitrogens is 1. The lowest BCUT2D eigenvalue weighted by Crippen LogP contribution is -2.20. The third-order valence-electron chi connectivity index (χ3n) is 3.80. The quantitative estimate of drug-likeness (QED) is 0.842. The molecule has 3 rings (SSSR count). The minimum atomic E-state index is 0.769. The van der Waals surface area contributed by atoms with Crippen molar-refractivity contribution in [1.29, 1.82) is 0 Å². The van der Waals surface area contributed by atoms with Crippen LogP contribution in [0.4, 0.5) is 5.13 Å². The Bertz CT molecular complexity index is 386. The second kappa shape index (κ2) is 4.58. The van der Waals surface area contributed by atoms with Crippen molar-refractivity contribution in [3.8, 4) is 0 Å². The molecule has 0 saturated heterocycles. The number of hydrogen-bond acceptors (Lipinski definition) is 4. The van der Waals surface area contributed by atoms with Crippen LogP contribution in [0.15, 0.2) is 5.38 Å². The van der Waals surface area contributed by atoms with Gasteiger partial charge in [-0.25, -0.2) is 4.98 Å². The number of nitrogens with zero attached hydrogens (tertiary/aromatic N) is 2. The number of hydrogen-bond donors (Lipinski definition) is 1. The van der Waals surface area contributed by atoms with Crippen molar-refractivity contribution < 1.29 is 0 Å². The summed E-state index contributed by atoms with van der Waals surface area (Å²) in [7, 11) is 2.17. The molecule has 2 aliphatic rings. The summed E-state index contributed by atoms with van der Waals surface area (Å²) in [5.74, 6) is 1.82. The molecule has 2 saturated carbocycles. The minimum Gasteiger partial charge on any atom is -0.351 e. The van der Waals surface area contributed by atoms with E-state index in [1.165, 1.54) is 36.6 Å². The predicted octanol–water partition coefficient (Wildman–Crippen LogP) is 2.49. The van der Waals surface area contributed by atoms with E-state index in [-0.39, 0.29) is 0 Å². The molecule has 0 aliphatic heterocycles. The Morgan fingerprint density at radius 2 is 2.29 bits per heavy atom. The van der Waals surface area contributed by atoms with Crippen LogP contribution in [-0.2, 0) is 6.54 Å². The third-order valence-corrected chi connectivity index (χ3v) is 4.80. The monoisotopic (exact) mass is 251 g/mol. The molecule has 3 nitrogen and oxygen atoms in total. The first-order valence-corrected chi connectivity index (χ1v) is 7.49. The lowest BCUT2D eigenvalue weighted by Gasteiger charge is -2.15. The zero-order valence-electron chi connectivity index (χ0n) is 10.6. The van der Waals surface area contributed by atoms with Gasteiger partial charge in [0.25, 0.3) is 0 Å². The topological polar surface area (TPSA) is 28.2 Å². The third kappa shape index (κ3) is 2.99. The van der Waals surface area contributed by atoms with E-state index in [1.807, 2.05) is 0 Å². The molecule has 0 bridgehead atoms. The molecule has 2 aliphatic carbocycles. The molecule has 94 valence electrons. The highest BCUT2D eigenvalue weighted by Gasteiger charge is 2.33. The fourth-order valence-corrected chi connectivity index (χ4v) is 2.97. The van der Waals surface area contributed by atoms with E-state index in [0.717, 1.165) is 24.4 Å². The van der Waals surface area contributed by atoms with Crippen LogP contribution in [0.1, 0.15) is 31.9 Å². The molecule has 0 spiro atoms. The minimum absolute atomic E-state index is 0.769. The van der Waals surface area contributed by atoms with E-state index in [0.29, 0.717) is 0 Å². The highest BCUT2D eigenvalue weighted by Crippen LogP contribution is 2.39. The second-order valence-electron chi connectivity index (χ2n) is 5.63. The van der Waals surface area contributed by atoms with E-state index < -0.39 is 0 Å². The smallest absolute Gasteiger partial charge is 0.185 e. The summed E-state index contributed by atoms with van der Waals surface area (Å²) >= 11 is 1.78. The Labute approximate surface area is 107 Å². The van der Waals surface area contributed by atoms with Gasteiger partial charge in [-0.05, 0) is 31.1 Å². The zero-order valence-corrected chi connectivity index (χ0v) is 11.5. The van der Waals surface area contributed by atoms with E-state index >= 15 is 0 Å². The molecule has 0 amide bonds. The summed E-state index contributed by atoms with van der Waals surface area (Å²) in [6.45, 7) is 4.45. The lowest BCUT2D eigenvalue weighted by molar-refractivity contribution is 0.674. The van der Waals surface area contributed by atoms with Gasteiger partial charge in [-0.15, -0.1) is 11.3 Å². The predicted molar refractivity (Wildman–Crippen MR) is 72.5 cm³/mol. The Morgan fingerprint density at radius 1 is 1.53 bits per heavy atom. The van der Waals surface area contributed by atoms with Crippen molar-refractivity contribution in [3.05, 3.63) is 11.1 Å². The molecule has 2 fully saturated rings. The van der Waals surface area contributed by atoms with Gasteiger partial charge in [0.15, 0.2) is 5.13 Å². The fraction of sp³-hybridized carbons (Fsp3) is 0.769. The molecule has 17 heavy (non-hydrogen) atoms. The Hall–Kier alpha value is -0.610. The highest BCUT2D eigenvalue weighted by molar-refractivity contribution is 7.13. The molecule has 1 N–H and O–H groups in total. The maximum Gasteiger partial charge on any atom is 0.185 e. The molecule has 4 heteroatoms. The van der Waals surface area contributed by atoms with Crippen molar-refractivity contribution in [1.82, 2.24) is 10.3 Å². The van der Waals surface area contributed by atoms with Crippen molar-refractivity contribution in [2.75, 3.05) is 18.5 Å². The first-order valence-electron chi connectivity index (χ1n) is 6.61. The van der Waals surface area contributed by atoms with Gasteiger partial charge >= 0.3 is 0 Å². The first-order chi connectivity index (χ1) is 8.22. The van der Waals surface area contributed by atoms with Crippen LogP contribution < -0.4 is 10.2 Å². The van der Waals surface area contributed by atoms with Crippen LogP contribution in [0.3, 0.4) is 0 Å². The molecular formula is C13H21N3S. The Kier molecular flexibility index (Phi) is 3.09. The summed E-state index contributed by atoms with van der Waals surface area (Å²) in [5, 5.41) is 6.88. The van der Waals surface area contributed by atoms with Crippen molar-refractivity contribution in [2.45, 2.75) is 38.8 Å². The van der Waals surface area contributed by atoms with Crippen LogP contribution in [0, 0.1) is 11.8 Å². The summed E-state index contributed by atoms with van der Waals surface area (Å²) in [4.78, 5) is 7.02. The van der Waals surface area contributed by atoms with Gasteiger partial charge < -0.3 is 10.2 Å². The average molecular weight is 251 g/mol. The van der Waals surface area contributed by atoms with Crippen LogP contribution in [0.25, 0.3) is 0 Å². The van der Waals surface area contributed by atoms with Crippen molar-refractivity contribution >= 4 is 16.5 Å². The van der Waals surface area contributed by atoms with Gasteiger partial charge in [-0.2, -0.15) is 0 Å². The van der Waals surface area contributed by atoms with Crippen molar-refractivity contribution in [3.63, 3.8) is 0 Å². The number of nitrogens with one attached hydrogen (secondary N) is 1. The molecule has 1 aromatic rings. The van der Waals surface area contributed by atoms with E-state index in [2.05, 4.69) is 29.6 Å². The highest BCUT2D eigenvalue weighted by atomic mass is 32.1. The summed E-state index contributed by atoms with van der Waals surface area (Å²) in [6, 6.07) is 0.769. The molecule has 0 radical (unpaired) electrons. The number of rotatable bonds is 6. The maximum absolute atomic E-state index is 4.70. The number of thiazole rings is 1. The summed E-state index contributed by atoms with van der Waals surface area (Å²) < 4.78 is 0. The number of anilines is 1. The normalized spacial score (nSPS) is 27.2. The van der Waals surface area contributed by atoms with E-state index in [4.69, 9.17) is 4.98 Å². The molecule has 1 aromatic heterocycles. The Morgan fingerprint density at radius 3 is 2.94 bits per heavy atom. The molecule has 1 heterocycles. The maximum atomic E-state index is 4.70. The molecular weight excluding hydrogens is 230 g/mol. The second-order valence-corrected chi connectivity index (χ2v) is 6.47. The summed E-state index contributed by atoms with van der Waals surface area (Å²) in [6.07, 6.45) is 4.08. The van der Waals surface area contributed by atoms with Gasteiger partial charge in [-0.1, -0.05) is 6.92 Å². The fourth-order valence-electron chi connectivity index (χ4n) is 2.17. The summed E-state index contributed by atoms with van der Waals surface area (Å²) in [5.41, 5.74) is 1.20. The lowest BCUT2D eigenvalue weighted by atomic mass is 10.3. The van der Waals surface area contributed by atoms with Gasteiger partial charge in [0.05, 0.1) is 5.69 Å². The first kappa shape index (κ1) is 11.5. The van der Waals surface area contributed by atoms with Crippen LogP contribution in [0.5, 0.6) is 0 Å². The van der Waals surface area contributed by atoms with E-state index in [9.17, 15) is 0 Å². The zero-order chi connectivity index (χ0) is 11.8. The average Bonchev–Trinajstić information content (AvgIpc) is 3.20. The standard InChI is InChI=1S/C13H21N3S/c1-9-5-10(9)7-16(2)13-15-12(8-17-13)6-14-11-3-4-11/h8-11,14H,3-7H2,1-2H3. The van der Waals surface area contributed by atoms with Crippen LogP contribution in [-0.4, -0.2) is 24.6 Å². The molecule has 2 atom stereocenters. The van der Waals surface area contributed by atoms with Crippen molar-refractivity contribution in [2.24, 2.45) is 11.8 Å². The Balaban J connectivity index is 1.51.